The van der Waals surface area contributed by atoms with Gasteiger partial charge in [0.15, 0.2) is 6.29 Å². The second kappa shape index (κ2) is 28.1. The number of hydrogen-bond donors (Lipinski definition) is 0. The van der Waals surface area contributed by atoms with E-state index in [1.165, 1.54) is 77.0 Å². The zero-order chi connectivity index (χ0) is 24.2. The molecule has 0 heterocycles. The molecular formula is C28H55BrO4. The summed E-state index contributed by atoms with van der Waals surface area (Å²) in [6, 6.07) is 0. The average Bonchev–Trinajstić information content (AvgIpc) is 2.82. The molecule has 0 aromatic heterocycles. The summed E-state index contributed by atoms with van der Waals surface area (Å²) in [5, 5.41) is 1.05. The number of halogens is 1. The van der Waals surface area contributed by atoms with Crippen LogP contribution >= 0.6 is 15.9 Å². The van der Waals surface area contributed by atoms with Crippen LogP contribution in [0.1, 0.15) is 142 Å². The molecule has 0 fully saturated rings. The molecule has 0 N–H and O–H groups in total. The molecule has 0 saturated heterocycles. The fourth-order valence-corrected chi connectivity index (χ4v) is 4.19. The summed E-state index contributed by atoms with van der Waals surface area (Å²) in [5.74, 6) is -0.0620. The van der Waals surface area contributed by atoms with Crippen LogP contribution in [0.4, 0.5) is 0 Å². The van der Waals surface area contributed by atoms with E-state index in [-0.39, 0.29) is 12.3 Å². The third kappa shape index (κ3) is 26.3. The average molecular weight is 536 g/mol. The summed E-state index contributed by atoms with van der Waals surface area (Å²) in [5.41, 5.74) is 0. The molecule has 5 heteroatoms. The van der Waals surface area contributed by atoms with Gasteiger partial charge in [0.1, 0.15) is 0 Å². The van der Waals surface area contributed by atoms with Crippen molar-refractivity contribution in [3.63, 3.8) is 0 Å². The highest BCUT2D eigenvalue weighted by Gasteiger charge is 2.11. The van der Waals surface area contributed by atoms with Crippen molar-refractivity contribution in [3.8, 4) is 0 Å². The molecule has 33 heavy (non-hydrogen) atoms. The fraction of sp³-hybridized carbons (Fsp3) is 0.964. The smallest absolute Gasteiger partial charge is 0.305 e. The minimum atomic E-state index is -0.123. The van der Waals surface area contributed by atoms with Crippen molar-refractivity contribution >= 4 is 21.9 Å². The van der Waals surface area contributed by atoms with Crippen molar-refractivity contribution in [1.29, 1.82) is 0 Å². The Morgan fingerprint density at radius 3 is 1.64 bits per heavy atom. The minimum absolute atomic E-state index is 0.0620. The molecule has 0 aromatic carbocycles. The quantitative estimate of drug-likeness (QED) is 0.0455. The predicted octanol–water partition coefficient (Wildman–Crippen LogP) is 9.13. The van der Waals surface area contributed by atoms with Gasteiger partial charge >= 0.3 is 5.97 Å². The first-order valence-corrected chi connectivity index (χ1v) is 15.3. The van der Waals surface area contributed by atoms with E-state index in [4.69, 9.17) is 14.2 Å². The maximum absolute atomic E-state index is 11.9. The van der Waals surface area contributed by atoms with Crippen molar-refractivity contribution in [3.05, 3.63) is 0 Å². The van der Waals surface area contributed by atoms with E-state index in [0.29, 0.717) is 13.0 Å². The Morgan fingerprint density at radius 2 is 1.09 bits per heavy atom. The maximum Gasteiger partial charge on any atom is 0.305 e. The summed E-state index contributed by atoms with van der Waals surface area (Å²) in [6.07, 6.45) is 22.8. The third-order valence-corrected chi connectivity index (χ3v) is 6.53. The molecule has 0 aliphatic heterocycles. The highest BCUT2D eigenvalue weighted by Crippen LogP contribution is 2.13. The van der Waals surface area contributed by atoms with Crippen molar-refractivity contribution in [2.24, 2.45) is 0 Å². The first kappa shape index (κ1) is 32.9. The topological polar surface area (TPSA) is 44.8 Å². The number of unbranched alkanes of at least 4 members (excludes halogenated alkanes) is 14. The van der Waals surface area contributed by atoms with Gasteiger partial charge in [-0.15, -0.1) is 0 Å². The number of esters is 1. The lowest BCUT2D eigenvalue weighted by atomic mass is 10.1. The van der Waals surface area contributed by atoms with Gasteiger partial charge in [-0.25, -0.2) is 0 Å². The molecule has 0 bridgehead atoms. The second-order valence-corrected chi connectivity index (χ2v) is 10.1. The fourth-order valence-electron chi connectivity index (χ4n) is 3.80. The molecule has 0 aromatic rings. The first-order chi connectivity index (χ1) is 16.2. The van der Waals surface area contributed by atoms with Gasteiger partial charge in [-0.1, -0.05) is 107 Å². The molecule has 0 spiro atoms. The van der Waals surface area contributed by atoms with Gasteiger partial charge in [0.2, 0.25) is 0 Å². The minimum Gasteiger partial charge on any atom is -0.466 e. The van der Waals surface area contributed by atoms with Crippen LogP contribution in [0.15, 0.2) is 0 Å². The van der Waals surface area contributed by atoms with E-state index in [0.717, 1.165) is 63.5 Å². The SMILES string of the molecule is CCCCCCCCOC(CCCCC(=O)OCCCCCCBr)OCCCCCCCC. The number of alkyl halides is 1. The number of rotatable bonds is 27. The molecule has 0 aliphatic rings. The summed E-state index contributed by atoms with van der Waals surface area (Å²) in [7, 11) is 0. The molecule has 0 unspecified atom stereocenters. The van der Waals surface area contributed by atoms with Crippen molar-refractivity contribution < 1.29 is 19.0 Å². The number of ether oxygens (including phenoxy) is 3. The predicted molar refractivity (Wildman–Crippen MR) is 144 cm³/mol. The van der Waals surface area contributed by atoms with E-state index in [1.807, 2.05) is 0 Å². The molecule has 198 valence electrons. The van der Waals surface area contributed by atoms with E-state index in [9.17, 15) is 4.79 Å². The Hall–Kier alpha value is -0.130. The molecule has 0 rings (SSSR count). The Morgan fingerprint density at radius 1 is 0.606 bits per heavy atom. The Labute approximate surface area is 214 Å². The Balaban J connectivity index is 3.93. The highest BCUT2D eigenvalue weighted by molar-refractivity contribution is 9.09. The van der Waals surface area contributed by atoms with Gasteiger partial charge in [0, 0.05) is 25.0 Å². The number of carbonyl (C=O) groups excluding carboxylic acids is 1. The van der Waals surface area contributed by atoms with Crippen LogP contribution in [0.2, 0.25) is 0 Å². The van der Waals surface area contributed by atoms with Crippen LogP contribution in [0.25, 0.3) is 0 Å². The molecule has 0 aliphatic carbocycles. The lowest BCUT2D eigenvalue weighted by molar-refractivity contribution is -0.149. The Kier molecular flexibility index (Phi) is 28.0. The molecular weight excluding hydrogens is 480 g/mol. The van der Waals surface area contributed by atoms with E-state index < -0.39 is 0 Å². The molecule has 0 saturated carbocycles. The lowest BCUT2D eigenvalue weighted by Gasteiger charge is -2.19. The van der Waals surface area contributed by atoms with E-state index in [2.05, 4.69) is 29.8 Å². The van der Waals surface area contributed by atoms with Crippen LogP contribution in [0, 0.1) is 0 Å². The van der Waals surface area contributed by atoms with Crippen molar-refractivity contribution in [1.82, 2.24) is 0 Å². The first-order valence-electron chi connectivity index (χ1n) is 14.2. The molecule has 0 atom stereocenters. The van der Waals surface area contributed by atoms with Crippen molar-refractivity contribution in [2.45, 2.75) is 149 Å². The van der Waals surface area contributed by atoms with Gasteiger partial charge < -0.3 is 14.2 Å². The highest BCUT2D eigenvalue weighted by atomic mass is 79.9. The van der Waals surface area contributed by atoms with Crippen LogP contribution in [-0.2, 0) is 19.0 Å². The maximum atomic E-state index is 11.9. The summed E-state index contributed by atoms with van der Waals surface area (Å²) in [6.45, 7) is 6.63. The largest absolute Gasteiger partial charge is 0.466 e. The summed E-state index contributed by atoms with van der Waals surface area (Å²) in [4.78, 5) is 11.9. The van der Waals surface area contributed by atoms with Gasteiger partial charge in [-0.05, 0) is 44.9 Å². The summed E-state index contributed by atoms with van der Waals surface area (Å²) >= 11 is 3.44. The molecule has 0 radical (unpaired) electrons. The third-order valence-electron chi connectivity index (χ3n) is 5.97. The normalized spacial score (nSPS) is 11.4. The number of carbonyl (C=O) groups is 1. The van der Waals surface area contributed by atoms with Crippen molar-refractivity contribution in [2.75, 3.05) is 25.2 Å². The lowest BCUT2D eigenvalue weighted by Crippen LogP contribution is -2.19. The van der Waals surface area contributed by atoms with Crippen LogP contribution in [-0.4, -0.2) is 37.4 Å². The standard InChI is InChI=1S/C28H55BrO4/c1-3-5-7-9-12-19-25-32-28(33-26-20-13-10-8-6-4-2)22-16-15-21-27(30)31-24-18-14-11-17-23-29/h28H,3-26H2,1-2H3. The van der Waals surface area contributed by atoms with Crippen LogP contribution < -0.4 is 0 Å². The van der Waals surface area contributed by atoms with Crippen LogP contribution in [0.3, 0.4) is 0 Å². The molecule has 0 amide bonds. The van der Waals surface area contributed by atoms with Crippen LogP contribution in [0.5, 0.6) is 0 Å². The van der Waals surface area contributed by atoms with E-state index in [1.54, 1.807) is 0 Å². The summed E-state index contributed by atoms with van der Waals surface area (Å²) < 4.78 is 17.5. The van der Waals surface area contributed by atoms with E-state index >= 15 is 0 Å². The zero-order valence-corrected chi connectivity index (χ0v) is 23.6. The second-order valence-electron chi connectivity index (χ2n) is 9.28. The zero-order valence-electron chi connectivity index (χ0n) is 22.1. The Bertz CT molecular complexity index is 374. The van der Waals surface area contributed by atoms with Gasteiger partial charge in [0.05, 0.1) is 6.61 Å². The monoisotopic (exact) mass is 534 g/mol. The van der Waals surface area contributed by atoms with Gasteiger partial charge in [-0.2, -0.15) is 0 Å². The van der Waals surface area contributed by atoms with Gasteiger partial charge in [-0.3, -0.25) is 4.79 Å². The molecule has 4 nitrogen and oxygen atoms in total. The number of hydrogen-bond acceptors (Lipinski definition) is 4. The van der Waals surface area contributed by atoms with Gasteiger partial charge in [0.25, 0.3) is 0 Å².